The summed E-state index contributed by atoms with van der Waals surface area (Å²) in [7, 11) is 3.29. The Morgan fingerprint density at radius 3 is 2.44 bits per heavy atom. The summed E-state index contributed by atoms with van der Waals surface area (Å²) in [4.78, 5) is 14.7. The number of methoxy groups -OCH3 is 2. The van der Waals surface area contributed by atoms with Gasteiger partial charge >= 0.3 is 0 Å². The third-order valence-electron chi connectivity index (χ3n) is 4.93. The zero-order chi connectivity index (χ0) is 19.4. The normalized spacial score (nSPS) is 16.3. The lowest BCUT2D eigenvalue weighted by Gasteiger charge is -2.26. The summed E-state index contributed by atoms with van der Waals surface area (Å²) < 4.78 is 16.7. The van der Waals surface area contributed by atoms with Crippen molar-refractivity contribution in [1.82, 2.24) is 4.90 Å². The van der Waals surface area contributed by atoms with Crippen molar-refractivity contribution in [2.45, 2.75) is 32.7 Å². The van der Waals surface area contributed by atoms with E-state index >= 15 is 0 Å². The van der Waals surface area contributed by atoms with Crippen molar-refractivity contribution in [2.24, 2.45) is 0 Å². The van der Waals surface area contributed by atoms with E-state index in [1.54, 1.807) is 14.2 Å². The van der Waals surface area contributed by atoms with Crippen LogP contribution in [0.1, 0.15) is 35.6 Å². The zero-order valence-electron chi connectivity index (χ0n) is 16.5. The molecule has 1 fully saturated rings. The van der Waals surface area contributed by atoms with Gasteiger partial charge in [0.25, 0.3) is 5.91 Å². The molecule has 0 spiro atoms. The van der Waals surface area contributed by atoms with E-state index in [-0.39, 0.29) is 18.6 Å². The molecule has 27 heavy (non-hydrogen) atoms. The van der Waals surface area contributed by atoms with Crippen molar-refractivity contribution < 1.29 is 19.0 Å². The summed E-state index contributed by atoms with van der Waals surface area (Å²) >= 11 is 0. The molecule has 1 atom stereocenters. The van der Waals surface area contributed by atoms with Gasteiger partial charge in [-0.2, -0.15) is 0 Å². The molecule has 1 aliphatic rings. The minimum atomic E-state index is -0.0228. The third kappa shape index (κ3) is 4.35. The first-order chi connectivity index (χ1) is 13.0. The Balaban J connectivity index is 1.75. The van der Waals surface area contributed by atoms with Crippen molar-refractivity contribution in [3.8, 4) is 17.2 Å². The molecular weight excluding hydrogens is 342 g/mol. The molecule has 0 bridgehead atoms. The Kier molecular flexibility index (Phi) is 5.89. The smallest absolute Gasteiger partial charge is 0.261 e. The quantitative estimate of drug-likeness (QED) is 0.770. The fraction of sp³-hybridized carbons (Fsp3) is 0.409. The number of carbonyl (C=O) groups excluding carboxylic acids is 1. The number of hydrogen-bond acceptors (Lipinski definition) is 4. The minimum Gasteiger partial charge on any atom is -0.497 e. The van der Waals surface area contributed by atoms with Gasteiger partial charge in [0.15, 0.2) is 6.61 Å². The molecule has 5 heteroatoms. The molecular formula is C22H27NO4. The number of aryl methyl sites for hydroxylation is 2. The van der Waals surface area contributed by atoms with Gasteiger partial charge in [0.1, 0.15) is 17.2 Å². The highest BCUT2D eigenvalue weighted by Gasteiger charge is 2.32. The van der Waals surface area contributed by atoms with Gasteiger partial charge in [-0.15, -0.1) is 0 Å². The van der Waals surface area contributed by atoms with E-state index in [0.29, 0.717) is 0 Å². The lowest BCUT2D eigenvalue weighted by Crippen LogP contribution is -2.34. The molecule has 0 aromatic heterocycles. The predicted octanol–water partition coefficient (Wildman–Crippen LogP) is 4.06. The molecule has 1 amide bonds. The SMILES string of the molecule is COc1ccc(OC)c([C@@H]2CCCN2C(=O)COc2cc(C)cc(C)c2)c1. The van der Waals surface area contributed by atoms with Crippen LogP contribution >= 0.6 is 0 Å². The van der Waals surface area contributed by atoms with Crippen molar-refractivity contribution in [1.29, 1.82) is 0 Å². The molecule has 0 radical (unpaired) electrons. The average molecular weight is 369 g/mol. The summed E-state index contributed by atoms with van der Waals surface area (Å²) in [5, 5.41) is 0. The molecule has 5 nitrogen and oxygen atoms in total. The van der Waals surface area contributed by atoms with Gasteiger partial charge in [0, 0.05) is 12.1 Å². The van der Waals surface area contributed by atoms with Crippen LogP contribution in [0.3, 0.4) is 0 Å². The fourth-order valence-electron chi connectivity index (χ4n) is 3.73. The summed E-state index contributed by atoms with van der Waals surface area (Å²) in [5.74, 6) is 2.25. The highest BCUT2D eigenvalue weighted by molar-refractivity contribution is 5.78. The Bertz CT molecular complexity index is 798. The van der Waals surface area contributed by atoms with Crippen LogP contribution in [-0.4, -0.2) is 38.2 Å². The maximum Gasteiger partial charge on any atom is 0.261 e. The van der Waals surface area contributed by atoms with Gasteiger partial charge in [0.05, 0.1) is 20.3 Å². The second-order valence-electron chi connectivity index (χ2n) is 6.97. The molecule has 2 aromatic carbocycles. The number of carbonyl (C=O) groups is 1. The van der Waals surface area contributed by atoms with Crippen LogP contribution < -0.4 is 14.2 Å². The van der Waals surface area contributed by atoms with Gasteiger partial charge in [-0.3, -0.25) is 4.79 Å². The molecule has 1 aliphatic heterocycles. The van der Waals surface area contributed by atoms with E-state index in [1.807, 2.05) is 49.1 Å². The van der Waals surface area contributed by atoms with Gasteiger partial charge in [0.2, 0.25) is 0 Å². The molecule has 3 rings (SSSR count). The Labute approximate surface area is 160 Å². The maximum absolute atomic E-state index is 12.9. The molecule has 144 valence electrons. The molecule has 2 aromatic rings. The van der Waals surface area contributed by atoms with E-state index in [2.05, 4.69) is 6.07 Å². The Hall–Kier alpha value is -2.69. The fourth-order valence-corrected chi connectivity index (χ4v) is 3.73. The van der Waals surface area contributed by atoms with Crippen LogP contribution in [0.4, 0.5) is 0 Å². The number of amides is 1. The number of benzene rings is 2. The summed E-state index contributed by atoms with van der Waals surface area (Å²) in [6, 6.07) is 11.7. The van der Waals surface area contributed by atoms with E-state index < -0.39 is 0 Å². The molecule has 0 unspecified atom stereocenters. The highest BCUT2D eigenvalue weighted by Crippen LogP contribution is 2.39. The molecule has 0 saturated carbocycles. The number of hydrogen-bond donors (Lipinski definition) is 0. The standard InChI is InChI=1S/C22H27NO4/c1-15-10-16(2)12-18(11-15)27-14-22(24)23-9-5-6-20(23)19-13-17(25-3)7-8-21(19)26-4/h7-8,10-13,20H,5-6,9,14H2,1-4H3/t20-/m0/s1. The zero-order valence-corrected chi connectivity index (χ0v) is 16.5. The first-order valence-corrected chi connectivity index (χ1v) is 9.24. The van der Waals surface area contributed by atoms with Gasteiger partial charge in [-0.25, -0.2) is 0 Å². The van der Waals surface area contributed by atoms with Crippen LogP contribution in [0.2, 0.25) is 0 Å². The number of rotatable bonds is 6. The van der Waals surface area contributed by atoms with Crippen LogP contribution in [0.15, 0.2) is 36.4 Å². The number of likely N-dealkylation sites (tertiary alicyclic amines) is 1. The second kappa shape index (κ2) is 8.33. The Morgan fingerprint density at radius 2 is 1.78 bits per heavy atom. The van der Waals surface area contributed by atoms with Gasteiger partial charge in [-0.1, -0.05) is 6.07 Å². The highest BCUT2D eigenvalue weighted by atomic mass is 16.5. The van der Waals surface area contributed by atoms with E-state index in [1.165, 1.54) is 0 Å². The summed E-state index contributed by atoms with van der Waals surface area (Å²) in [6.07, 6.45) is 1.86. The Morgan fingerprint density at radius 1 is 1.04 bits per heavy atom. The summed E-state index contributed by atoms with van der Waals surface area (Å²) in [5.41, 5.74) is 3.23. The lowest BCUT2D eigenvalue weighted by atomic mass is 10.0. The topological polar surface area (TPSA) is 48.0 Å². The van der Waals surface area contributed by atoms with Crippen molar-refractivity contribution in [2.75, 3.05) is 27.4 Å². The molecule has 1 heterocycles. The average Bonchev–Trinajstić information content (AvgIpc) is 3.14. The minimum absolute atomic E-state index is 0.0125. The van der Waals surface area contributed by atoms with Crippen LogP contribution in [-0.2, 0) is 4.79 Å². The maximum atomic E-state index is 12.9. The van der Waals surface area contributed by atoms with E-state index in [9.17, 15) is 4.79 Å². The first kappa shape index (κ1) is 19.1. The number of ether oxygens (including phenoxy) is 3. The summed E-state index contributed by atoms with van der Waals surface area (Å²) in [6.45, 7) is 4.80. The first-order valence-electron chi connectivity index (χ1n) is 9.24. The van der Waals surface area contributed by atoms with Crippen LogP contribution in [0.25, 0.3) is 0 Å². The largest absolute Gasteiger partial charge is 0.497 e. The van der Waals surface area contributed by atoms with E-state index in [0.717, 1.165) is 53.3 Å². The molecule has 0 N–H and O–H groups in total. The van der Waals surface area contributed by atoms with Crippen molar-refractivity contribution >= 4 is 5.91 Å². The lowest BCUT2D eigenvalue weighted by molar-refractivity contribution is -0.134. The number of nitrogens with zero attached hydrogens (tertiary/aromatic N) is 1. The van der Waals surface area contributed by atoms with Crippen molar-refractivity contribution in [3.63, 3.8) is 0 Å². The van der Waals surface area contributed by atoms with Gasteiger partial charge in [-0.05, 0) is 68.1 Å². The predicted molar refractivity (Wildman–Crippen MR) is 105 cm³/mol. The molecule has 0 aliphatic carbocycles. The molecule has 1 saturated heterocycles. The van der Waals surface area contributed by atoms with Gasteiger partial charge < -0.3 is 19.1 Å². The monoisotopic (exact) mass is 369 g/mol. The van der Waals surface area contributed by atoms with Crippen LogP contribution in [0.5, 0.6) is 17.2 Å². The second-order valence-corrected chi connectivity index (χ2v) is 6.97. The van der Waals surface area contributed by atoms with Crippen molar-refractivity contribution in [3.05, 3.63) is 53.1 Å². The van der Waals surface area contributed by atoms with E-state index in [4.69, 9.17) is 14.2 Å². The van der Waals surface area contributed by atoms with Crippen LogP contribution in [0, 0.1) is 13.8 Å². The third-order valence-corrected chi connectivity index (χ3v) is 4.93.